The van der Waals surface area contributed by atoms with Crippen molar-refractivity contribution in [2.45, 2.75) is 25.3 Å². The molecule has 0 spiro atoms. The third kappa shape index (κ3) is 5.37. The Bertz CT molecular complexity index is 442. The van der Waals surface area contributed by atoms with Gasteiger partial charge in [-0.1, -0.05) is 23.7 Å². The summed E-state index contributed by atoms with van der Waals surface area (Å²) in [4.78, 5) is 14.4. The Morgan fingerprint density at radius 2 is 2.05 bits per heavy atom. The van der Waals surface area contributed by atoms with Gasteiger partial charge in [0.25, 0.3) is 0 Å². The van der Waals surface area contributed by atoms with Gasteiger partial charge in [0.15, 0.2) is 0 Å². The average molecular weight is 349 g/mol. The van der Waals surface area contributed by atoms with Crippen LogP contribution in [0.5, 0.6) is 0 Å². The SMILES string of the molecule is Cl.NCCCCC(=O)N1CCSCC1c1ccc(Cl)cc1. The van der Waals surface area contributed by atoms with Crippen LogP contribution >= 0.6 is 35.8 Å². The first-order chi connectivity index (χ1) is 9.72. The van der Waals surface area contributed by atoms with E-state index in [9.17, 15) is 4.79 Å². The molecule has 2 N–H and O–H groups in total. The van der Waals surface area contributed by atoms with E-state index in [0.29, 0.717) is 13.0 Å². The molecule has 0 aliphatic carbocycles. The molecule has 1 heterocycles. The highest BCUT2D eigenvalue weighted by atomic mass is 35.5. The average Bonchev–Trinajstić information content (AvgIpc) is 2.48. The van der Waals surface area contributed by atoms with E-state index in [1.165, 1.54) is 5.56 Å². The quantitative estimate of drug-likeness (QED) is 0.828. The van der Waals surface area contributed by atoms with Crippen molar-refractivity contribution in [2.24, 2.45) is 5.73 Å². The molecule has 0 aromatic heterocycles. The van der Waals surface area contributed by atoms with Crippen molar-refractivity contribution in [3.63, 3.8) is 0 Å². The van der Waals surface area contributed by atoms with Crippen LogP contribution in [0.25, 0.3) is 0 Å². The number of thioether (sulfide) groups is 1. The first-order valence-corrected chi connectivity index (χ1v) is 8.58. The van der Waals surface area contributed by atoms with E-state index < -0.39 is 0 Å². The molecule has 1 aromatic rings. The summed E-state index contributed by atoms with van der Waals surface area (Å²) in [7, 11) is 0. The summed E-state index contributed by atoms with van der Waals surface area (Å²) >= 11 is 7.84. The van der Waals surface area contributed by atoms with Crippen LogP contribution in [-0.2, 0) is 4.79 Å². The lowest BCUT2D eigenvalue weighted by Crippen LogP contribution is -2.40. The molecule has 1 fully saturated rings. The first kappa shape index (κ1) is 18.6. The summed E-state index contributed by atoms with van der Waals surface area (Å²) in [6, 6.07) is 8.02. The molecule has 1 unspecified atom stereocenters. The number of rotatable bonds is 5. The summed E-state index contributed by atoms with van der Waals surface area (Å²) in [5.74, 6) is 2.23. The largest absolute Gasteiger partial charge is 0.334 e. The molecule has 118 valence electrons. The molecule has 0 saturated carbocycles. The molecule has 1 saturated heterocycles. The van der Waals surface area contributed by atoms with E-state index in [1.807, 2.05) is 40.9 Å². The van der Waals surface area contributed by atoms with Crippen LogP contribution in [0.1, 0.15) is 30.9 Å². The zero-order valence-corrected chi connectivity index (χ0v) is 14.4. The Hall–Kier alpha value is -0.420. The van der Waals surface area contributed by atoms with Crippen molar-refractivity contribution < 1.29 is 4.79 Å². The number of hydrogen-bond donors (Lipinski definition) is 1. The summed E-state index contributed by atoms with van der Waals surface area (Å²) in [5.41, 5.74) is 6.66. The second-order valence-corrected chi connectivity index (χ2v) is 6.56. The molecular formula is C15H22Cl2N2OS. The fraction of sp³-hybridized carbons (Fsp3) is 0.533. The van der Waals surface area contributed by atoms with Crippen LogP contribution in [0, 0.1) is 0 Å². The Morgan fingerprint density at radius 1 is 1.33 bits per heavy atom. The minimum atomic E-state index is 0. The molecule has 1 aromatic carbocycles. The highest BCUT2D eigenvalue weighted by molar-refractivity contribution is 7.99. The maximum absolute atomic E-state index is 12.4. The van der Waals surface area contributed by atoms with Crippen LogP contribution < -0.4 is 5.73 Å². The van der Waals surface area contributed by atoms with Crippen LogP contribution in [0.3, 0.4) is 0 Å². The predicted octanol–water partition coefficient (Wildman–Crippen LogP) is 3.51. The zero-order valence-electron chi connectivity index (χ0n) is 12.0. The van der Waals surface area contributed by atoms with Crippen molar-refractivity contribution in [3.05, 3.63) is 34.9 Å². The van der Waals surface area contributed by atoms with Crippen LogP contribution in [0.2, 0.25) is 5.02 Å². The fourth-order valence-corrected chi connectivity index (χ4v) is 3.64. The molecule has 6 heteroatoms. The van der Waals surface area contributed by atoms with Crippen LogP contribution in [0.4, 0.5) is 0 Å². The topological polar surface area (TPSA) is 46.3 Å². The van der Waals surface area contributed by atoms with Crippen LogP contribution in [-0.4, -0.2) is 35.4 Å². The van der Waals surface area contributed by atoms with Gasteiger partial charge in [0.05, 0.1) is 6.04 Å². The number of nitrogens with zero attached hydrogens (tertiary/aromatic N) is 1. The van der Waals surface area contributed by atoms with Gasteiger partial charge >= 0.3 is 0 Å². The van der Waals surface area contributed by atoms with E-state index in [1.54, 1.807) is 0 Å². The van der Waals surface area contributed by atoms with Crippen molar-refractivity contribution in [2.75, 3.05) is 24.6 Å². The summed E-state index contributed by atoms with van der Waals surface area (Å²) < 4.78 is 0. The standard InChI is InChI=1S/C15H21ClN2OS.ClH/c16-13-6-4-12(5-7-13)14-11-20-10-9-18(14)15(19)3-1-2-8-17;/h4-7,14H,1-3,8-11,17H2;1H. The smallest absolute Gasteiger partial charge is 0.223 e. The zero-order chi connectivity index (χ0) is 14.4. The van der Waals surface area contributed by atoms with Crippen molar-refractivity contribution in [1.82, 2.24) is 4.90 Å². The van der Waals surface area contributed by atoms with Crippen molar-refractivity contribution in [1.29, 1.82) is 0 Å². The van der Waals surface area contributed by atoms with Gasteiger partial charge in [0, 0.05) is 29.5 Å². The number of carbonyl (C=O) groups excluding carboxylic acids is 1. The first-order valence-electron chi connectivity index (χ1n) is 7.05. The van der Waals surface area contributed by atoms with Crippen molar-refractivity contribution in [3.8, 4) is 0 Å². The van der Waals surface area contributed by atoms with Crippen LogP contribution in [0.15, 0.2) is 24.3 Å². The summed E-state index contributed by atoms with van der Waals surface area (Å²) in [5, 5.41) is 0.734. The predicted molar refractivity (Wildman–Crippen MR) is 93.4 cm³/mol. The maximum Gasteiger partial charge on any atom is 0.223 e. The Labute approximate surface area is 142 Å². The number of hydrogen-bond acceptors (Lipinski definition) is 3. The van der Waals surface area contributed by atoms with E-state index >= 15 is 0 Å². The number of halogens is 2. The van der Waals surface area contributed by atoms with Gasteiger partial charge in [-0.3, -0.25) is 4.79 Å². The number of nitrogens with two attached hydrogens (primary N) is 1. The molecule has 1 atom stereocenters. The van der Waals surface area contributed by atoms with Gasteiger partial charge in [-0.15, -0.1) is 12.4 Å². The Balaban J connectivity index is 0.00000220. The Morgan fingerprint density at radius 3 is 2.71 bits per heavy atom. The molecule has 0 radical (unpaired) electrons. The van der Waals surface area contributed by atoms with Gasteiger partial charge in [-0.25, -0.2) is 0 Å². The molecule has 3 nitrogen and oxygen atoms in total. The third-order valence-electron chi connectivity index (χ3n) is 3.55. The number of carbonyl (C=O) groups is 1. The molecule has 1 aliphatic heterocycles. The molecule has 21 heavy (non-hydrogen) atoms. The normalized spacial score (nSPS) is 18.2. The second-order valence-electron chi connectivity index (χ2n) is 4.98. The van der Waals surface area contributed by atoms with Gasteiger partial charge in [-0.2, -0.15) is 11.8 Å². The molecular weight excluding hydrogens is 327 g/mol. The molecule has 1 aliphatic rings. The van der Waals surface area contributed by atoms with Gasteiger partial charge < -0.3 is 10.6 Å². The highest BCUT2D eigenvalue weighted by Crippen LogP contribution is 2.30. The number of unbranched alkanes of at least 4 members (excludes halogenated alkanes) is 1. The minimum absolute atomic E-state index is 0. The lowest BCUT2D eigenvalue weighted by atomic mass is 10.1. The third-order valence-corrected chi connectivity index (χ3v) is 4.82. The summed E-state index contributed by atoms with van der Waals surface area (Å²) in [6.45, 7) is 1.49. The van der Waals surface area contributed by atoms with Gasteiger partial charge in [-0.05, 0) is 37.1 Å². The lowest BCUT2D eigenvalue weighted by molar-refractivity contribution is -0.133. The summed E-state index contributed by atoms with van der Waals surface area (Å²) in [6.07, 6.45) is 2.40. The fourth-order valence-electron chi connectivity index (χ4n) is 2.43. The van der Waals surface area contributed by atoms with E-state index in [4.69, 9.17) is 17.3 Å². The molecule has 1 amide bonds. The van der Waals surface area contributed by atoms with E-state index in [-0.39, 0.29) is 24.4 Å². The molecule has 2 rings (SSSR count). The van der Waals surface area contributed by atoms with Crippen molar-refractivity contribution >= 4 is 41.7 Å². The van der Waals surface area contributed by atoms with Gasteiger partial charge in [0.2, 0.25) is 5.91 Å². The lowest BCUT2D eigenvalue weighted by Gasteiger charge is -2.36. The minimum Gasteiger partial charge on any atom is -0.334 e. The Kier molecular flexibility index (Phi) is 8.49. The van der Waals surface area contributed by atoms with E-state index in [2.05, 4.69) is 0 Å². The maximum atomic E-state index is 12.4. The number of benzene rings is 1. The van der Waals surface area contributed by atoms with Gasteiger partial charge in [0.1, 0.15) is 0 Å². The van der Waals surface area contributed by atoms with E-state index in [0.717, 1.165) is 35.9 Å². The number of amides is 1. The monoisotopic (exact) mass is 348 g/mol. The highest BCUT2D eigenvalue weighted by Gasteiger charge is 2.27. The molecule has 0 bridgehead atoms. The second kappa shape index (κ2) is 9.57.